The third-order valence-electron chi connectivity index (χ3n) is 6.17. The maximum Gasteiger partial charge on any atom is 0.305 e. The number of unbranched alkanes of at least 4 members (excludes halogenated alkanes) is 9. The van der Waals surface area contributed by atoms with E-state index < -0.39 is 28.5 Å². The number of benzene rings is 1. The van der Waals surface area contributed by atoms with Crippen molar-refractivity contribution >= 4 is 22.8 Å². The summed E-state index contributed by atoms with van der Waals surface area (Å²) in [6.07, 6.45) is 12.1. The molecule has 0 fully saturated rings. The Labute approximate surface area is 211 Å². The summed E-state index contributed by atoms with van der Waals surface area (Å²) in [4.78, 5) is 23.6. The first kappa shape index (κ1) is 30.3. The van der Waals surface area contributed by atoms with Gasteiger partial charge in [-0.3, -0.25) is 9.59 Å². The van der Waals surface area contributed by atoms with Crippen molar-refractivity contribution < 1.29 is 23.8 Å². The van der Waals surface area contributed by atoms with Crippen LogP contribution >= 0.6 is 11.6 Å². The Balaban J connectivity index is 2.58. The number of hydrogen-bond acceptors (Lipinski definition) is 5. The lowest BCUT2D eigenvalue weighted by Crippen LogP contribution is -2.49. The van der Waals surface area contributed by atoms with Gasteiger partial charge in [-0.05, 0) is 36.6 Å². The highest BCUT2D eigenvalue weighted by Gasteiger charge is 2.43. The van der Waals surface area contributed by atoms with Gasteiger partial charge in [-0.1, -0.05) is 91.5 Å². The van der Waals surface area contributed by atoms with Gasteiger partial charge >= 0.3 is 5.97 Å². The van der Waals surface area contributed by atoms with Gasteiger partial charge in [-0.2, -0.15) is 0 Å². The molecule has 0 bridgehead atoms. The number of hydrogen-bond donors (Lipinski definition) is 0. The Hall–Kier alpha value is -1.75. The summed E-state index contributed by atoms with van der Waals surface area (Å²) in [5.74, 6) is -0.623. The maximum atomic E-state index is 12.0. The highest BCUT2D eigenvalue weighted by molar-refractivity contribution is 6.64. The van der Waals surface area contributed by atoms with Gasteiger partial charge in [0.15, 0.2) is 6.10 Å². The van der Waals surface area contributed by atoms with E-state index in [-0.39, 0.29) is 0 Å². The van der Waals surface area contributed by atoms with Crippen molar-refractivity contribution in [1.29, 1.82) is 0 Å². The van der Waals surface area contributed by atoms with Crippen molar-refractivity contribution in [2.75, 3.05) is 0 Å². The molecule has 0 saturated heterocycles. The number of carbonyl (C=O) groups is 2. The summed E-state index contributed by atoms with van der Waals surface area (Å²) in [6, 6.07) is 7.00. The lowest BCUT2D eigenvalue weighted by Gasteiger charge is -2.40. The molecule has 5 nitrogen and oxygen atoms in total. The summed E-state index contributed by atoms with van der Waals surface area (Å²) < 4.78 is 17.5. The van der Waals surface area contributed by atoms with Crippen LogP contribution in [0.4, 0.5) is 0 Å². The standard InChI is InChI=1S/C28H45ClO5/c1-7-8-9-10-11-12-13-14-15-16-20-25(26(29)31)32-23-18-17-19-24(21-23)34-28(6,27(3,4)5)33-22(2)30/h17-19,21,25H,7-16,20H2,1-6H3. The van der Waals surface area contributed by atoms with Gasteiger partial charge in [-0.25, -0.2) is 0 Å². The Kier molecular flexibility index (Phi) is 13.6. The van der Waals surface area contributed by atoms with Crippen molar-refractivity contribution in [3.05, 3.63) is 24.3 Å². The first-order valence-electron chi connectivity index (χ1n) is 12.8. The van der Waals surface area contributed by atoms with Crippen LogP contribution in [0.3, 0.4) is 0 Å². The topological polar surface area (TPSA) is 61.8 Å². The fourth-order valence-corrected chi connectivity index (χ4v) is 3.79. The molecule has 2 unspecified atom stereocenters. The Bertz CT molecular complexity index is 743. The summed E-state index contributed by atoms with van der Waals surface area (Å²) in [5.41, 5.74) is -0.473. The highest BCUT2D eigenvalue weighted by atomic mass is 35.5. The summed E-state index contributed by atoms with van der Waals surface area (Å²) in [7, 11) is 0. The van der Waals surface area contributed by atoms with Crippen LogP contribution in [0.2, 0.25) is 0 Å². The molecular weight excluding hydrogens is 452 g/mol. The van der Waals surface area contributed by atoms with E-state index in [1.54, 1.807) is 31.2 Å². The predicted molar refractivity (Wildman–Crippen MR) is 138 cm³/mol. The van der Waals surface area contributed by atoms with Crippen LogP contribution in [0.1, 0.15) is 112 Å². The normalized spacial score (nSPS) is 14.2. The van der Waals surface area contributed by atoms with Gasteiger partial charge in [0.1, 0.15) is 11.5 Å². The van der Waals surface area contributed by atoms with Crippen molar-refractivity contribution in [3.63, 3.8) is 0 Å². The van der Waals surface area contributed by atoms with Crippen molar-refractivity contribution in [2.45, 2.75) is 124 Å². The molecule has 1 aromatic rings. The van der Waals surface area contributed by atoms with Gasteiger partial charge in [0.2, 0.25) is 0 Å². The average Bonchev–Trinajstić information content (AvgIpc) is 2.73. The molecule has 0 spiro atoms. The second kappa shape index (κ2) is 15.3. The highest BCUT2D eigenvalue weighted by Crippen LogP contribution is 2.37. The number of halogens is 1. The molecule has 0 heterocycles. The molecule has 1 aromatic carbocycles. The number of carbonyl (C=O) groups excluding carboxylic acids is 2. The number of esters is 1. The third kappa shape index (κ3) is 11.6. The van der Waals surface area contributed by atoms with Crippen LogP contribution in [0.25, 0.3) is 0 Å². The quantitative estimate of drug-likeness (QED) is 0.0940. The third-order valence-corrected chi connectivity index (χ3v) is 6.41. The van der Waals surface area contributed by atoms with Crippen LogP contribution in [0.15, 0.2) is 24.3 Å². The smallest absolute Gasteiger partial charge is 0.305 e. The van der Waals surface area contributed by atoms with Crippen molar-refractivity contribution in [1.82, 2.24) is 0 Å². The van der Waals surface area contributed by atoms with E-state index in [0.29, 0.717) is 17.9 Å². The van der Waals surface area contributed by atoms with E-state index in [9.17, 15) is 9.59 Å². The lowest BCUT2D eigenvalue weighted by molar-refractivity contribution is -0.225. The molecular formula is C28H45ClO5. The predicted octanol–water partition coefficient (Wildman–Crippen LogP) is 8.21. The van der Waals surface area contributed by atoms with Crippen molar-refractivity contribution in [3.8, 4) is 11.5 Å². The Morgan fingerprint density at radius 2 is 1.41 bits per heavy atom. The van der Waals surface area contributed by atoms with Crippen molar-refractivity contribution in [2.24, 2.45) is 5.41 Å². The van der Waals surface area contributed by atoms with Crippen LogP contribution in [-0.4, -0.2) is 23.1 Å². The molecule has 194 valence electrons. The molecule has 1 rings (SSSR count). The number of rotatable bonds is 17. The second-order valence-corrected chi connectivity index (χ2v) is 10.6. The molecule has 0 radical (unpaired) electrons. The van der Waals surface area contributed by atoms with Crippen LogP contribution < -0.4 is 9.47 Å². The number of ether oxygens (including phenoxy) is 3. The fraction of sp³-hybridized carbons (Fsp3) is 0.714. The first-order chi connectivity index (χ1) is 16.0. The molecule has 0 aliphatic carbocycles. The second-order valence-electron chi connectivity index (χ2n) is 10.2. The van der Waals surface area contributed by atoms with E-state index in [0.717, 1.165) is 12.8 Å². The molecule has 34 heavy (non-hydrogen) atoms. The zero-order valence-corrected chi connectivity index (χ0v) is 22.8. The van der Waals surface area contributed by atoms with Crippen LogP contribution in [0, 0.1) is 5.41 Å². The molecule has 0 aromatic heterocycles. The summed E-state index contributed by atoms with van der Waals surface area (Å²) in [5, 5.41) is -0.498. The molecule has 6 heteroatoms. The molecule has 0 saturated carbocycles. The average molecular weight is 497 g/mol. The van der Waals surface area contributed by atoms with E-state index in [4.69, 9.17) is 25.8 Å². The van der Waals surface area contributed by atoms with E-state index in [2.05, 4.69) is 6.92 Å². The molecule has 0 amide bonds. The molecule has 0 N–H and O–H groups in total. The van der Waals surface area contributed by atoms with E-state index >= 15 is 0 Å². The first-order valence-corrected chi connectivity index (χ1v) is 13.2. The largest absolute Gasteiger partial charge is 0.481 e. The Morgan fingerprint density at radius 1 is 0.882 bits per heavy atom. The lowest BCUT2D eigenvalue weighted by atomic mass is 9.86. The van der Waals surface area contributed by atoms with Crippen LogP contribution in [-0.2, 0) is 14.3 Å². The SMILES string of the molecule is CCCCCCCCCCCCC(Oc1cccc(OC(C)(OC(C)=O)C(C)(C)C)c1)C(=O)Cl. The fourth-order valence-electron chi connectivity index (χ4n) is 3.64. The zero-order chi connectivity index (χ0) is 25.6. The minimum Gasteiger partial charge on any atom is -0.481 e. The zero-order valence-electron chi connectivity index (χ0n) is 22.1. The molecule has 2 atom stereocenters. The minimum absolute atomic E-state index is 0.422. The molecule has 0 aliphatic rings. The summed E-state index contributed by atoms with van der Waals surface area (Å²) >= 11 is 5.83. The van der Waals surface area contributed by atoms with Gasteiger partial charge in [0.05, 0.1) is 0 Å². The van der Waals surface area contributed by atoms with E-state index in [1.807, 2.05) is 20.8 Å². The molecule has 0 aliphatic heterocycles. The van der Waals surface area contributed by atoms with Crippen LogP contribution in [0.5, 0.6) is 11.5 Å². The maximum absolute atomic E-state index is 12.0. The van der Waals surface area contributed by atoms with Gasteiger partial charge < -0.3 is 14.2 Å². The van der Waals surface area contributed by atoms with Gasteiger partial charge in [0.25, 0.3) is 11.0 Å². The Morgan fingerprint density at radius 3 is 1.91 bits per heavy atom. The summed E-state index contributed by atoms with van der Waals surface area (Å²) in [6.45, 7) is 11.1. The van der Waals surface area contributed by atoms with E-state index in [1.165, 1.54) is 58.3 Å². The monoisotopic (exact) mass is 496 g/mol. The minimum atomic E-state index is -1.17. The van der Waals surface area contributed by atoms with Gasteiger partial charge in [0, 0.05) is 25.3 Å². The van der Waals surface area contributed by atoms with Gasteiger partial charge in [-0.15, -0.1) is 0 Å².